The van der Waals surface area contributed by atoms with Crippen LogP contribution < -0.4 is 5.32 Å². The van der Waals surface area contributed by atoms with Crippen molar-refractivity contribution in [1.82, 2.24) is 10.2 Å². The number of hydrogen-bond acceptors (Lipinski definition) is 3. The van der Waals surface area contributed by atoms with E-state index in [1.807, 2.05) is 13.8 Å². The van der Waals surface area contributed by atoms with Crippen molar-refractivity contribution in [2.45, 2.75) is 38.8 Å². The Morgan fingerprint density at radius 2 is 2.11 bits per heavy atom. The fourth-order valence-electron chi connectivity index (χ4n) is 2.37. The first-order chi connectivity index (χ1) is 8.61. The number of amides is 2. The summed E-state index contributed by atoms with van der Waals surface area (Å²) in [6.07, 6.45) is 4.38. The van der Waals surface area contributed by atoms with Crippen molar-refractivity contribution in [3.05, 3.63) is 24.2 Å². The Morgan fingerprint density at radius 1 is 1.39 bits per heavy atom. The molecule has 1 aliphatic heterocycles. The van der Waals surface area contributed by atoms with Gasteiger partial charge in [0.1, 0.15) is 5.54 Å². The quantitative estimate of drug-likeness (QED) is 0.876. The topological polar surface area (TPSA) is 62.6 Å². The second kappa shape index (κ2) is 4.84. The maximum atomic E-state index is 12.5. The lowest BCUT2D eigenvalue weighted by Gasteiger charge is -2.41. The van der Waals surface area contributed by atoms with Crippen molar-refractivity contribution >= 4 is 11.8 Å². The van der Waals surface area contributed by atoms with E-state index in [1.54, 1.807) is 23.5 Å². The van der Waals surface area contributed by atoms with Gasteiger partial charge in [-0.25, -0.2) is 0 Å². The second-order valence-corrected chi connectivity index (χ2v) is 4.63. The molecule has 1 fully saturated rings. The molecule has 0 bridgehead atoms. The summed E-state index contributed by atoms with van der Waals surface area (Å²) in [5, 5.41) is 2.84. The van der Waals surface area contributed by atoms with Crippen LogP contribution in [0.1, 0.15) is 32.3 Å². The molecule has 0 saturated carbocycles. The largest absolute Gasteiger partial charge is 0.472 e. The van der Waals surface area contributed by atoms with Gasteiger partial charge in [-0.2, -0.15) is 0 Å². The summed E-state index contributed by atoms with van der Waals surface area (Å²) in [4.78, 5) is 25.8. The molecule has 18 heavy (non-hydrogen) atoms. The molecule has 1 saturated heterocycles. The third-order valence-electron chi connectivity index (χ3n) is 3.57. The zero-order chi connectivity index (χ0) is 13.2. The van der Waals surface area contributed by atoms with Crippen LogP contribution >= 0.6 is 0 Å². The Hall–Kier alpha value is -1.78. The minimum atomic E-state index is -0.737. The van der Waals surface area contributed by atoms with Crippen molar-refractivity contribution in [3.63, 3.8) is 0 Å². The fourth-order valence-corrected chi connectivity index (χ4v) is 2.37. The molecule has 1 aromatic heterocycles. The van der Waals surface area contributed by atoms with E-state index in [0.717, 1.165) is 5.56 Å². The van der Waals surface area contributed by atoms with E-state index in [9.17, 15) is 9.59 Å². The van der Waals surface area contributed by atoms with E-state index >= 15 is 0 Å². The summed E-state index contributed by atoms with van der Waals surface area (Å²) in [5.41, 5.74) is 0.165. The Labute approximate surface area is 106 Å². The zero-order valence-electron chi connectivity index (χ0n) is 10.7. The molecule has 0 spiro atoms. The molecule has 0 atom stereocenters. The number of hydrogen-bond donors (Lipinski definition) is 1. The maximum Gasteiger partial charge on any atom is 0.249 e. The average molecular weight is 250 g/mol. The lowest BCUT2D eigenvalue weighted by Crippen LogP contribution is -2.65. The van der Waals surface area contributed by atoms with Crippen LogP contribution in [0, 0.1) is 0 Å². The summed E-state index contributed by atoms with van der Waals surface area (Å²) in [5.74, 6) is -0.102. The van der Waals surface area contributed by atoms with Crippen LogP contribution in [-0.2, 0) is 16.1 Å². The van der Waals surface area contributed by atoms with E-state index < -0.39 is 5.54 Å². The monoisotopic (exact) mass is 250 g/mol. The molecule has 0 aromatic carbocycles. The van der Waals surface area contributed by atoms with Gasteiger partial charge < -0.3 is 14.6 Å². The standard InChI is InChI=1S/C13H18N2O3/c1-3-13(4-2)12(17)15(8-11(16)14-13)7-10-5-6-18-9-10/h5-6,9H,3-4,7-8H2,1-2H3,(H,14,16). The Morgan fingerprint density at radius 3 is 2.67 bits per heavy atom. The summed E-state index contributed by atoms with van der Waals surface area (Å²) in [6.45, 7) is 4.38. The third-order valence-corrected chi connectivity index (χ3v) is 3.57. The minimum absolute atomic E-state index is 0.00620. The zero-order valence-corrected chi connectivity index (χ0v) is 10.7. The highest BCUT2D eigenvalue weighted by Gasteiger charge is 2.43. The van der Waals surface area contributed by atoms with Crippen molar-refractivity contribution in [3.8, 4) is 0 Å². The molecular formula is C13H18N2O3. The van der Waals surface area contributed by atoms with Crippen molar-refractivity contribution in [2.24, 2.45) is 0 Å². The first kappa shape index (κ1) is 12.7. The molecule has 1 aromatic rings. The molecule has 1 aliphatic rings. The van der Waals surface area contributed by atoms with Gasteiger partial charge in [-0.1, -0.05) is 13.8 Å². The highest BCUT2D eigenvalue weighted by molar-refractivity contribution is 5.97. The van der Waals surface area contributed by atoms with Crippen LogP contribution in [0.25, 0.3) is 0 Å². The molecule has 1 N–H and O–H groups in total. The first-order valence-corrected chi connectivity index (χ1v) is 6.22. The van der Waals surface area contributed by atoms with Crippen LogP contribution in [-0.4, -0.2) is 28.8 Å². The van der Waals surface area contributed by atoms with E-state index in [1.165, 1.54) is 0 Å². The van der Waals surface area contributed by atoms with E-state index in [0.29, 0.717) is 19.4 Å². The van der Waals surface area contributed by atoms with Gasteiger partial charge in [-0.15, -0.1) is 0 Å². The van der Waals surface area contributed by atoms with Gasteiger partial charge >= 0.3 is 0 Å². The number of carbonyl (C=O) groups excluding carboxylic acids is 2. The third kappa shape index (κ3) is 2.12. The maximum absolute atomic E-state index is 12.5. The molecule has 2 rings (SSSR count). The van der Waals surface area contributed by atoms with E-state index in [-0.39, 0.29) is 18.4 Å². The van der Waals surface area contributed by atoms with Gasteiger partial charge in [0.05, 0.1) is 19.1 Å². The van der Waals surface area contributed by atoms with Crippen LogP contribution in [0.2, 0.25) is 0 Å². The molecule has 0 unspecified atom stereocenters. The van der Waals surface area contributed by atoms with Crippen molar-refractivity contribution < 1.29 is 14.0 Å². The van der Waals surface area contributed by atoms with Gasteiger partial charge in [-0.3, -0.25) is 9.59 Å². The Balaban J connectivity index is 2.20. The van der Waals surface area contributed by atoms with Gasteiger partial charge in [-0.05, 0) is 18.9 Å². The number of piperazine rings is 1. The summed E-state index contributed by atoms with van der Waals surface area (Å²) in [6, 6.07) is 1.80. The molecule has 0 aliphatic carbocycles. The number of rotatable bonds is 4. The fraction of sp³-hybridized carbons (Fsp3) is 0.538. The molecule has 0 radical (unpaired) electrons. The SMILES string of the molecule is CCC1(CC)NC(=O)CN(Cc2ccoc2)C1=O. The van der Waals surface area contributed by atoms with Crippen molar-refractivity contribution in [1.29, 1.82) is 0 Å². The van der Waals surface area contributed by atoms with Gasteiger partial charge in [0.2, 0.25) is 11.8 Å². The average Bonchev–Trinajstić information content (AvgIpc) is 2.86. The summed E-state index contributed by atoms with van der Waals surface area (Å²) in [7, 11) is 0. The molecule has 5 nitrogen and oxygen atoms in total. The minimum Gasteiger partial charge on any atom is -0.472 e. The number of nitrogens with one attached hydrogen (secondary N) is 1. The highest BCUT2D eigenvalue weighted by Crippen LogP contribution is 2.23. The van der Waals surface area contributed by atoms with Gasteiger partial charge in [0.25, 0.3) is 0 Å². The summed E-state index contributed by atoms with van der Waals surface area (Å²) >= 11 is 0. The van der Waals surface area contributed by atoms with Crippen LogP contribution in [0.4, 0.5) is 0 Å². The number of furan rings is 1. The lowest BCUT2D eigenvalue weighted by atomic mass is 9.89. The van der Waals surface area contributed by atoms with Gasteiger partial charge in [0, 0.05) is 12.1 Å². The molecule has 2 heterocycles. The van der Waals surface area contributed by atoms with Crippen molar-refractivity contribution in [2.75, 3.05) is 6.54 Å². The van der Waals surface area contributed by atoms with Crippen LogP contribution in [0.5, 0.6) is 0 Å². The molecular weight excluding hydrogens is 232 g/mol. The van der Waals surface area contributed by atoms with E-state index in [4.69, 9.17) is 4.42 Å². The molecule has 5 heteroatoms. The smallest absolute Gasteiger partial charge is 0.249 e. The first-order valence-electron chi connectivity index (χ1n) is 6.22. The summed E-state index contributed by atoms with van der Waals surface area (Å²) < 4.78 is 4.98. The Kier molecular flexibility index (Phi) is 3.41. The number of carbonyl (C=O) groups is 2. The second-order valence-electron chi connectivity index (χ2n) is 4.63. The molecule has 98 valence electrons. The number of nitrogens with zero attached hydrogens (tertiary/aromatic N) is 1. The Bertz CT molecular complexity index is 435. The highest BCUT2D eigenvalue weighted by atomic mass is 16.3. The van der Waals surface area contributed by atoms with Crippen LogP contribution in [0.15, 0.2) is 23.0 Å². The molecule has 2 amide bonds. The normalized spacial score (nSPS) is 18.9. The predicted molar refractivity (Wildman–Crippen MR) is 65.6 cm³/mol. The van der Waals surface area contributed by atoms with Crippen LogP contribution in [0.3, 0.4) is 0 Å². The lowest BCUT2D eigenvalue weighted by molar-refractivity contribution is -0.151. The van der Waals surface area contributed by atoms with Gasteiger partial charge in [0.15, 0.2) is 0 Å². The van der Waals surface area contributed by atoms with E-state index in [2.05, 4.69) is 5.32 Å². The predicted octanol–water partition coefficient (Wildman–Crippen LogP) is 1.30.